The standard InChI is InChI=1S/C41H42N2O3S3/c1-3-42(25-13-27-47-33-15-7-5-8-16-33)31-21-23-35-38(29-31)46-39-30-32(43(4-2)26-14-28-48-34-17-9-6-10-18-34)22-24-36(39)41(35)37-19-11-12-20-40(37)49(44)45/h5-12,15-24,29-30H,3-4,13-14,25-28H2,1-2H3. The van der Waals surface area contributed by atoms with E-state index in [2.05, 4.69) is 120 Å². The van der Waals surface area contributed by atoms with Crippen LogP contribution in [-0.2, 0) is 11.1 Å². The van der Waals surface area contributed by atoms with E-state index in [9.17, 15) is 8.76 Å². The van der Waals surface area contributed by atoms with Crippen molar-refractivity contribution in [2.75, 3.05) is 42.6 Å². The Bertz CT molecular complexity index is 2050. The van der Waals surface area contributed by atoms with Crippen molar-refractivity contribution in [3.05, 3.63) is 127 Å². The van der Waals surface area contributed by atoms with Gasteiger partial charge in [-0.05, 0) is 91.2 Å². The van der Waals surface area contributed by atoms with Crippen LogP contribution in [0.3, 0.4) is 0 Å². The molecule has 5 nitrogen and oxygen atoms in total. The molecule has 49 heavy (non-hydrogen) atoms. The molecular formula is C41H42N2O3S3. The van der Waals surface area contributed by atoms with Crippen molar-refractivity contribution in [3.8, 4) is 22.5 Å². The first-order valence-corrected chi connectivity index (χ1v) is 20.0. The van der Waals surface area contributed by atoms with Gasteiger partial charge in [0.25, 0.3) is 0 Å². The van der Waals surface area contributed by atoms with E-state index >= 15 is 0 Å². The third-order valence-electron chi connectivity index (χ3n) is 8.69. The highest BCUT2D eigenvalue weighted by molar-refractivity contribution is 7.99. The van der Waals surface area contributed by atoms with Crippen LogP contribution < -0.4 is 14.8 Å². The van der Waals surface area contributed by atoms with Gasteiger partial charge >= 0.3 is 0 Å². The molecule has 1 heterocycles. The van der Waals surface area contributed by atoms with E-state index in [1.165, 1.54) is 9.79 Å². The molecule has 1 unspecified atom stereocenters. The third-order valence-corrected chi connectivity index (χ3v) is 11.6. The molecule has 0 fully saturated rings. The van der Waals surface area contributed by atoms with Crippen LogP contribution in [0.1, 0.15) is 26.7 Å². The van der Waals surface area contributed by atoms with Crippen LogP contribution in [0, 0.1) is 0 Å². The van der Waals surface area contributed by atoms with Gasteiger partial charge in [-0.1, -0.05) is 54.6 Å². The molecule has 1 aliphatic carbocycles. The quantitative estimate of drug-likeness (QED) is 0.0349. The predicted molar refractivity (Wildman–Crippen MR) is 208 cm³/mol. The van der Waals surface area contributed by atoms with Crippen molar-refractivity contribution >= 4 is 51.3 Å². The molecule has 8 heteroatoms. The van der Waals surface area contributed by atoms with E-state index in [0.29, 0.717) is 5.56 Å². The summed E-state index contributed by atoms with van der Waals surface area (Å²) in [5.74, 6) is 2.82. The molecular weight excluding hydrogens is 665 g/mol. The smallest absolute Gasteiger partial charge is 0.203 e. The first kappa shape index (κ1) is 35.0. The molecule has 2 aliphatic rings. The van der Waals surface area contributed by atoms with Gasteiger partial charge in [0.1, 0.15) is 24.4 Å². The van der Waals surface area contributed by atoms with E-state index in [4.69, 9.17) is 4.42 Å². The van der Waals surface area contributed by atoms with E-state index in [1.807, 2.05) is 35.7 Å². The van der Waals surface area contributed by atoms with Crippen LogP contribution in [0.25, 0.3) is 33.4 Å². The summed E-state index contributed by atoms with van der Waals surface area (Å²) >= 11 is 1.38. The fourth-order valence-corrected chi connectivity index (χ4v) is 8.49. The Morgan fingerprint density at radius 1 is 0.755 bits per heavy atom. The van der Waals surface area contributed by atoms with Gasteiger partial charge in [0.15, 0.2) is 0 Å². The highest BCUT2D eigenvalue weighted by atomic mass is 32.2. The number of thioether (sulfide) groups is 2. The molecule has 0 spiro atoms. The molecule has 6 rings (SSSR count). The Kier molecular flexibility index (Phi) is 12.3. The van der Waals surface area contributed by atoms with Gasteiger partial charge in [-0.3, -0.25) is 4.21 Å². The summed E-state index contributed by atoms with van der Waals surface area (Å²) in [7, 11) is 0. The van der Waals surface area contributed by atoms with Gasteiger partial charge in [-0.25, -0.2) is 4.58 Å². The summed E-state index contributed by atoms with van der Waals surface area (Å²) in [6.45, 7) is 7.97. The van der Waals surface area contributed by atoms with Gasteiger partial charge in [-0.2, -0.15) is 0 Å². The monoisotopic (exact) mass is 706 g/mol. The minimum Gasteiger partial charge on any atom is -0.768 e. The average molecular weight is 707 g/mol. The Morgan fingerprint density at radius 2 is 1.43 bits per heavy atom. The Hall–Kier alpha value is -3.82. The van der Waals surface area contributed by atoms with Gasteiger partial charge in [0.05, 0.1) is 6.07 Å². The van der Waals surface area contributed by atoms with E-state index in [1.54, 1.807) is 12.1 Å². The number of benzene rings is 5. The molecule has 1 aliphatic heterocycles. The number of fused-ring (bicyclic) bond motifs is 2. The SMILES string of the molecule is CCN(CCCSc1ccccc1)c1ccc2c(-c3ccccc3S(=O)[O-])c3ccc(=[N+](CC)CCCSc4ccccc4)cc-3oc2c1. The molecule has 0 saturated carbocycles. The van der Waals surface area contributed by atoms with Crippen molar-refractivity contribution < 1.29 is 13.2 Å². The summed E-state index contributed by atoms with van der Waals surface area (Å²) < 4.78 is 34.0. The lowest BCUT2D eigenvalue weighted by Gasteiger charge is -2.24. The Balaban J connectivity index is 1.36. The van der Waals surface area contributed by atoms with Crippen molar-refractivity contribution in [2.45, 2.75) is 41.4 Å². The number of hydrogen-bond donors (Lipinski definition) is 0. The molecule has 1 atom stereocenters. The zero-order chi connectivity index (χ0) is 34.0. The Labute approximate surface area is 300 Å². The topological polar surface area (TPSA) is 59.5 Å². The Morgan fingerprint density at radius 3 is 2.10 bits per heavy atom. The largest absolute Gasteiger partial charge is 0.768 e. The van der Waals surface area contributed by atoms with Crippen molar-refractivity contribution in [1.82, 2.24) is 4.58 Å². The summed E-state index contributed by atoms with van der Waals surface area (Å²) in [5, 5.41) is 1.99. The molecule has 252 valence electrons. The number of nitrogens with zero attached hydrogens (tertiary/aromatic N) is 2. The zero-order valence-electron chi connectivity index (χ0n) is 28.0. The van der Waals surface area contributed by atoms with Crippen LogP contribution in [0.2, 0.25) is 0 Å². The van der Waals surface area contributed by atoms with Crippen molar-refractivity contribution in [3.63, 3.8) is 0 Å². The molecule has 0 amide bonds. The maximum absolute atomic E-state index is 12.4. The first-order valence-electron chi connectivity index (χ1n) is 16.9. The van der Waals surface area contributed by atoms with Gasteiger partial charge in [0, 0.05) is 74.3 Å². The lowest BCUT2D eigenvalue weighted by Crippen LogP contribution is -2.31. The van der Waals surface area contributed by atoms with Gasteiger partial charge < -0.3 is 13.9 Å². The molecule has 4 aromatic rings. The third kappa shape index (κ3) is 8.68. The fourth-order valence-electron chi connectivity index (χ4n) is 6.23. The van der Waals surface area contributed by atoms with Crippen LogP contribution in [0.15, 0.2) is 140 Å². The van der Waals surface area contributed by atoms with Crippen molar-refractivity contribution in [1.29, 1.82) is 0 Å². The maximum Gasteiger partial charge on any atom is 0.203 e. The second kappa shape index (κ2) is 17.2. The molecule has 4 aromatic carbocycles. The molecule has 0 N–H and O–H groups in total. The molecule has 0 saturated heterocycles. The lowest BCUT2D eigenvalue weighted by molar-refractivity contribution is 0.537. The highest BCUT2D eigenvalue weighted by Crippen LogP contribution is 2.42. The number of hydrogen-bond acceptors (Lipinski definition) is 6. The second-order valence-electron chi connectivity index (χ2n) is 11.8. The zero-order valence-corrected chi connectivity index (χ0v) is 30.5. The molecule has 0 bridgehead atoms. The second-order valence-corrected chi connectivity index (χ2v) is 15.0. The van der Waals surface area contributed by atoms with Crippen LogP contribution in [-0.4, -0.2) is 46.4 Å². The summed E-state index contributed by atoms with van der Waals surface area (Å²) in [4.78, 5) is 5.25. The predicted octanol–water partition coefficient (Wildman–Crippen LogP) is 9.43. The summed E-state index contributed by atoms with van der Waals surface area (Å²) in [6.07, 6.45) is 2.10. The maximum atomic E-state index is 12.4. The van der Waals surface area contributed by atoms with E-state index in [0.717, 1.165) is 89.4 Å². The van der Waals surface area contributed by atoms with Crippen LogP contribution in [0.5, 0.6) is 0 Å². The summed E-state index contributed by atoms with van der Waals surface area (Å²) in [5.41, 5.74) is 4.28. The van der Waals surface area contributed by atoms with Gasteiger partial charge in [-0.15, -0.1) is 23.5 Å². The number of anilines is 1. The molecule has 0 aromatic heterocycles. The van der Waals surface area contributed by atoms with E-state index < -0.39 is 11.1 Å². The minimum atomic E-state index is -2.39. The van der Waals surface area contributed by atoms with Gasteiger partial charge in [0.2, 0.25) is 5.36 Å². The van der Waals surface area contributed by atoms with Crippen molar-refractivity contribution in [2.24, 2.45) is 0 Å². The average Bonchev–Trinajstić information content (AvgIpc) is 3.14. The van der Waals surface area contributed by atoms with E-state index in [-0.39, 0.29) is 4.90 Å². The summed E-state index contributed by atoms with van der Waals surface area (Å²) in [6, 6.07) is 41.0. The normalized spacial score (nSPS) is 12.7. The fraction of sp³-hybridized carbons (Fsp3) is 0.244. The van der Waals surface area contributed by atoms with Crippen LogP contribution in [0.4, 0.5) is 5.69 Å². The highest BCUT2D eigenvalue weighted by Gasteiger charge is 2.21. The number of rotatable bonds is 15. The lowest BCUT2D eigenvalue weighted by atomic mass is 9.93. The minimum absolute atomic E-state index is 0.279. The molecule has 0 radical (unpaired) electrons. The van der Waals surface area contributed by atoms with Crippen LogP contribution >= 0.6 is 23.5 Å². The first-order chi connectivity index (χ1) is 24.1.